The van der Waals surface area contributed by atoms with Crippen molar-refractivity contribution in [1.82, 2.24) is 0 Å². The number of carbonyl (C=O) groups is 1. The minimum Gasteiger partial charge on any atom is -0.493 e. The number of esters is 1. The van der Waals surface area contributed by atoms with E-state index in [0.29, 0.717) is 30.9 Å². The highest BCUT2D eigenvalue weighted by Crippen LogP contribution is 2.27. The monoisotopic (exact) mass is 264 g/mol. The molecule has 1 aromatic rings. The zero-order valence-corrected chi connectivity index (χ0v) is 11.6. The summed E-state index contributed by atoms with van der Waals surface area (Å²) in [7, 11) is 3.18. The molecular formula is C15H20O4. The molecule has 0 saturated carbocycles. The van der Waals surface area contributed by atoms with E-state index >= 15 is 0 Å². The first-order valence-corrected chi connectivity index (χ1v) is 6.19. The van der Waals surface area contributed by atoms with Gasteiger partial charge in [0.05, 0.1) is 14.2 Å². The van der Waals surface area contributed by atoms with Crippen molar-refractivity contribution < 1.29 is 19.0 Å². The molecule has 0 fully saturated rings. The van der Waals surface area contributed by atoms with Crippen molar-refractivity contribution in [2.24, 2.45) is 0 Å². The standard InChI is InChI=1S/C15H20O4/c1-4-5-10-19-15(16)9-7-12-6-8-13(17-2)14(11-12)18-3/h4-6,8,11H,7,9-10H2,1-3H3. The first-order valence-electron chi connectivity index (χ1n) is 6.19. The lowest BCUT2D eigenvalue weighted by Gasteiger charge is -2.09. The zero-order chi connectivity index (χ0) is 14.1. The van der Waals surface area contributed by atoms with Crippen LogP contribution in [-0.4, -0.2) is 26.8 Å². The lowest BCUT2D eigenvalue weighted by molar-refractivity contribution is -0.142. The van der Waals surface area contributed by atoms with Crippen LogP contribution in [-0.2, 0) is 16.0 Å². The Hall–Kier alpha value is -1.97. The van der Waals surface area contributed by atoms with Crippen molar-refractivity contribution in [3.05, 3.63) is 35.9 Å². The molecule has 0 unspecified atom stereocenters. The topological polar surface area (TPSA) is 44.8 Å². The molecule has 1 rings (SSSR count). The van der Waals surface area contributed by atoms with Crippen molar-refractivity contribution in [1.29, 1.82) is 0 Å². The minimum atomic E-state index is -0.201. The SMILES string of the molecule is CC=CCOC(=O)CCc1ccc(OC)c(OC)c1. The summed E-state index contributed by atoms with van der Waals surface area (Å²) < 4.78 is 15.4. The molecule has 0 saturated heterocycles. The smallest absolute Gasteiger partial charge is 0.306 e. The highest BCUT2D eigenvalue weighted by Gasteiger charge is 2.07. The second-order valence-corrected chi connectivity index (χ2v) is 3.94. The van der Waals surface area contributed by atoms with Gasteiger partial charge in [0.15, 0.2) is 11.5 Å². The molecule has 1 aromatic carbocycles. The number of ether oxygens (including phenoxy) is 3. The Labute approximate surface area is 114 Å². The van der Waals surface area contributed by atoms with Gasteiger partial charge in [0.1, 0.15) is 6.61 Å². The number of hydrogen-bond acceptors (Lipinski definition) is 4. The highest BCUT2D eigenvalue weighted by atomic mass is 16.5. The van der Waals surface area contributed by atoms with E-state index in [-0.39, 0.29) is 5.97 Å². The average Bonchev–Trinajstić information content (AvgIpc) is 2.45. The predicted octanol–water partition coefficient (Wildman–Crippen LogP) is 2.76. The van der Waals surface area contributed by atoms with E-state index in [0.717, 1.165) is 5.56 Å². The van der Waals surface area contributed by atoms with E-state index in [2.05, 4.69) is 0 Å². The minimum absolute atomic E-state index is 0.201. The van der Waals surface area contributed by atoms with Gasteiger partial charge in [-0.3, -0.25) is 4.79 Å². The van der Waals surface area contributed by atoms with Crippen molar-refractivity contribution >= 4 is 5.97 Å². The van der Waals surface area contributed by atoms with Crippen molar-refractivity contribution in [3.63, 3.8) is 0 Å². The Balaban J connectivity index is 2.51. The van der Waals surface area contributed by atoms with Crippen LogP contribution in [0.25, 0.3) is 0 Å². The summed E-state index contributed by atoms with van der Waals surface area (Å²) in [6.07, 6.45) is 4.62. The van der Waals surface area contributed by atoms with E-state index in [4.69, 9.17) is 14.2 Å². The molecule has 19 heavy (non-hydrogen) atoms. The molecule has 0 N–H and O–H groups in total. The molecule has 4 nitrogen and oxygen atoms in total. The maximum atomic E-state index is 11.5. The van der Waals surface area contributed by atoms with Crippen LogP contribution in [0, 0.1) is 0 Å². The van der Waals surface area contributed by atoms with E-state index in [1.807, 2.05) is 31.2 Å². The number of benzene rings is 1. The molecule has 0 aliphatic carbocycles. The maximum absolute atomic E-state index is 11.5. The van der Waals surface area contributed by atoms with Crippen LogP contribution < -0.4 is 9.47 Å². The number of methoxy groups -OCH3 is 2. The van der Waals surface area contributed by atoms with Crippen molar-refractivity contribution in [2.45, 2.75) is 19.8 Å². The van der Waals surface area contributed by atoms with E-state index in [1.165, 1.54) is 0 Å². The highest BCUT2D eigenvalue weighted by molar-refractivity contribution is 5.69. The second-order valence-electron chi connectivity index (χ2n) is 3.94. The van der Waals surface area contributed by atoms with Gasteiger partial charge in [0.25, 0.3) is 0 Å². The van der Waals surface area contributed by atoms with E-state index in [1.54, 1.807) is 20.3 Å². The summed E-state index contributed by atoms with van der Waals surface area (Å²) >= 11 is 0. The molecular weight excluding hydrogens is 244 g/mol. The molecule has 0 atom stereocenters. The van der Waals surface area contributed by atoms with Gasteiger partial charge in [0, 0.05) is 6.42 Å². The molecule has 0 aliphatic rings. The quantitative estimate of drug-likeness (QED) is 0.561. The molecule has 0 spiro atoms. The molecule has 0 amide bonds. The van der Waals surface area contributed by atoms with Crippen LogP contribution in [0.3, 0.4) is 0 Å². The normalized spacial score (nSPS) is 10.5. The fourth-order valence-corrected chi connectivity index (χ4v) is 1.59. The van der Waals surface area contributed by atoms with Crippen LogP contribution in [0.5, 0.6) is 11.5 Å². The van der Waals surface area contributed by atoms with Crippen LogP contribution >= 0.6 is 0 Å². The molecule has 4 heteroatoms. The summed E-state index contributed by atoms with van der Waals surface area (Å²) in [5.74, 6) is 1.15. The van der Waals surface area contributed by atoms with Gasteiger partial charge in [0.2, 0.25) is 0 Å². The lowest BCUT2D eigenvalue weighted by Crippen LogP contribution is -2.05. The number of carbonyl (C=O) groups excluding carboxylic acids is 1. The first-order chi connectivity index (χ1) is 9.21. The van der Waals surface area contributed by atoms with Crippen LogP contribution in [0.2, 0.25) is 0 Å². The summed E-state index contributed by atoms with van der Waals surface area (Å²) in [6.45, 7) is 2.22. The number of hydrogen-bond donors (Lipinski definition) is 0. The van der Waals surface area contributed by atoms with Gasteiger partial charge in [-0.1, -0.05) is 18.2 Å². The van der Waals surface area contributed by atoms with Gasteiger partial charge in [-0.2, -0.15) is 0 Å². The third kappa shape index (κ3) is 5.04. The van der Waals surface area contributed by atoms with Gasteiger partial charge >= 0.3 is 5.97 Å². The Kier molecular flexibility index (Phi) is 6.50. The van der Waals surface area contributed by atoms with Gasteiger partial charge in [-0.15, -0.1) is 0 Å². The van der Waals surface area contributed by atoms with Gasteiger partial charge in [-0.25, -0.2) is 0 Å². The second kappa shape index (κ2) is 8.19. The molecule has 0 aromatic heterocycles. The maximum Gasteiger partial charge on any atom is 0.306 e. The first kappa shape index (κ1) is 15.1. The summed E-state index contributed by atoms with van der Waals surface area (Å²) in [4.78, 5) is 11.5. The average molecular weight is 264 g/mol. The molecule has 0 aliphatic heterocycles. The Morgan fingerprint density at radius 2 is 1.95 bits per heavy atom. The number of aryl methyl sites for hydroxylation is 1. The summed E-state index contributed by atoms with van der Waals surface area (Å²) in [5, 5.41) is 0. The zero-order valence-electron chi connectivity index (χ0n) is 11.6. The summed E-state index contributed by atoms with van der Waals surface area (Å²) in [6, 6.07) is 5.62. The lowest BCUT2D eigenvalue weighted by atomic mass is 10.1. The largest absolute Gasteiger partial charge is 0.493 e. The third-order valence-corrected chi connectivity index (χ3v) is 2.64. The molecule has 0 radical (unpaired) electrons. The van der Waals surface area contributed by atoms with Crippen LogP contribution in [0.1, 0.15) is 18.9 Å². The van der Waals surface area contributed by atoms with Crippen molar-refractivity contribution in [3.8, 4) is 11.5 Å². The third-order valence-electron chi connectivity index (χ3n) is 2.64. The van der Waals surface area contributed by atoms with Crippen molar-refractivity contribution in [2.75, 3.05) is 20.8 Å². The Morgan fingerprint density at radius 3 is 2.58 bits per heavy atom. The Morgan fingerprint density at radius 1 is 1.21 bits per heavy atom. The fraction of sp³-hybridized carbons (Fsp3) is 0.400. The van der Waals surface area contributed by atoms with E-state index < -0.39 is 0 Å². The van der Waals surface area contributed by atoms with Crippen LogP contribution in [0.4, 0.5) is 0 Å². The fourth-order valence-electron chi connectivity index (χ4n) is 1.59. The molecule has 104 valence electrons. The van der Waals surface area contributed by atoms with Crippen LogP contribution in [0.15, 0.2) is 30.4 Å². The van der Waals surface area contributed by atoms with Gasteiger partial charge < -0.3 is 14.2 Å². The molecule has 0 heterocycles. The van der Waals surface area contributed by atoms with E-state index in [9.17, 15) is 4.79 Å². The predicted molar refractivity (Wildman–Crippen MR) is 73.6 cm³/mol. The molecule has 0 bridgehead atoms. The number of rotatable bonds is 7. The van der Waals surface area contributed by atoms with Gasteiger partial charge in [-0.05, 0) is 31.0 Å². The summed E-state index contributed by atoms with van der Waals surface area (Å²) in [5.41, 5.74) is 1.01. The number of allylic oxidation sites excluding steroid dienone is 1. The Bertz CT molecular complexity index is 438.